The third-order valence-corrected chi connectivity index (χ3v) is 5.66. The lowest BCUT2D eigenvalue weighted by Crippen LogP contribution is -1.92. The van der Waals surface area contributed by atoms with Gasteiger partial charge in [-0.1, -0.05) is 84.9 Å². The van der Waals surface area contributed by atoms with Crippen molar-refractivity contribution in [3.8, 4) is 11.1 Å². The number of rotatable bonds is 3. The van der Waals surface area contributed by atoms with Crippen molar-refractivity contribution in [2.45, 2.75) is 0 Å². The van der Waals surface area contributed by atoms with E-state index >= 15 is 0 Å². The minimum absolute atomic E-state index is 0.901. The average Bonchev–Trinajstić information content (AvgIpc) is 3.19. The van der Waals surface area contributed by atoms with Gasteiger partial charge in [-0.15, -0.1) is 0 Å². The maximum atomic E-state index is 6.18. The quantitative estimate of drug-likeness (QED) is 0.332. The Labute approximate surface area is 174 Å². The summed E-state index contributed by atoms with van der Waals surface area (Å²) < 4.78 is 6.18. The van der Waals surface area contributed by atoms with Crippen molar-refractivity contribution in [1.29, 1.82) is 0 Å². The lowest BCUT2D eigenvalue weighted by molar-refractivity contribution is 0.669. The number of fused-ring (bicyclic) bond motifs is 5. The highest BCUT2D eigenvalue weighted by Gasteiger charge is 2.13. The third-order valence-electron chi connectivity index (χ3n) is 5.66. The number of nitrogens with one attached hydrogen (secondary N) is 1. The maximum absolute atomic E-state index is 6.18. The summed E-state index contributed by atoms with van der Waals surface area (Å²) in [6.45, 7) is 0. The topological polar surface area (TPSA) is 25.2 Å². The van der Waals surface area contributed by atoms with Gasteiger partial charge in [0.15, 0.2) is 0 Å². The van der Waals surface area contributed by atoms with Crippen LogP contribution < -0.4 is 5.32 Å². The van der Waals surface area contributed by atoms with Crippen LogP contribution in [0.1, 0.15) is 0 Å². The van der Waals surface area contributed by atoms with Crippen molar-refractivity contribution >= 4 is 44.1 Å². The summed E-state index contributed by atoms with van der Waals surface area (Å²) >= 11 is 0. The molecule has 0 aliphatic carbocycles. The molecule has 0 atom stereocenters. The monoisotopic (exact) mass is 385 g/mol. The highest BCUT2D eigenvalue weighted by molar-refractivity contribution is 6.21. The van der Waals surface area contributed by atoms with E-state index in [9.17, 15) is 0 Å². The van der Waals surface area contributed by atoms with Gasteiger partial charge in [-0.05, 0) is 34.7 Å². The molecule has 0 saturated carbocycles. The Hall–Kier alpha value is -4.04. The summed E-state index contributed by atoms with van der Waals surface area (Å²) in [5.74, 6) is 0. The summed E-state index contributed by atoms with van der Waals surface area (Å²) in [7, 11) is 0. The molecule has 0 spiro atoms. The molecule has 6 aromatic rings. The molecule has 30 heavy (non-hydrogen) atoms. The molecule has 1 N–H and O–H groups in total. The van der Waals surface area contributed by atoms with Gasteiger partial charge in [0.2, 0.25) is 0 Å². The zero-order valence-corrected chi connectivity index (χ0v) is 16.3. The SMILES string of the molecule is c1ccc(-c2ccc(Nc3cc4oc5ccccc5c4c4ccccc34)cc2)cc1. The molecule has 0 unspecified atom stereocenters. The van der Waals surface area contributed by atoms with Crippen LogP contribution in [0.4, 0.5) is 11.4 Å². The number of para-hydroxylation sites is 1. The number of hydrogen-bond donors (Lipinski definition) is 1. The summed E-state index contributed by atoms with van der Waals surface area (Å²) in [5, 5.41) is 8.31. The molecule has 6 rings (SSSR count). The Kier molecular flexibility index (Phi) is 3.82. The fourth-order valence-corrected chi connectivity index (χ4v) is 4.22. The Bertz CT molecular complexity index is 1490. The van der Waals surface area contributed by atoms with Crippen LogP contribution in [-0.4, -0.2) is 0 Å². The number of benzene rings is 5. The van der Waals surface area contributed by atoms with Gasteiger partial charge in [0.25, 0.3) is 0 Å². The first kappa shape index (κ1) is 16.9. The minimum atomic E-state index is 0.901. The predicted octanol–water partition coefficient (Wildman–Crippen LogP) is 8.15. The van der Waals surface area contributed by atoms with Crippen molar-refractivity contribution < 1.29 is 4.42 Å². The van der Waals surface area contributed by atoms with E-state index in [1.807, 2.05) is 18.2 Å². The minimum Gasteiger partial charge on any atom is -0.456 e. The van der Waals surface area contributed by atoms with E-state index in [0.29, 0.717) is 0 Å². The van der Waals surface area contributed by atoms with Gasteiger partial charge < -0.3 is 9.73 Å². The van der Waals surface area contributed by atoms with Crippen molar-refractivity contribution in [3.63, 3.8) is 0 Å². The molecule has 2 heteroatoms. The smallest absolute Gasteiger partial charge is 0.138 e. The van der Waals surface area contributed by atoms with Crippen molar-refractivity contribution in [3.05, 3.63) is 109 Å². The average molecular weight is 385 g/mol. The molecule has 142 valence electrons. The van der Waals surface area contributed by atoms with Crippen LogP contribution in [0.15, 0.2) is 114 Å². The van der Waals surface area contributed by atoms with Crippen LogP contribution in [0.2, 0.25) is 0 Å². The summed E-state index contributed by atoms with van der Waals surface area (Å²) in [6, 6.07) is 37.8. The van der Waals surface area contributed by atoms with Gasteiger partial charge in [-0.25, -0.2) is 0 Å². The van der Waals surface area contributed by atoms with Crippen LogP contribution in [0, 0.1) is 0 Å². The molecule has 0 saturated heterocycles. The summed E-state index contributed by atoms with van der Waals surface area (Å²) in [4.78, 5) is 0. The van der Waals surface area contributed by atoms with Crippen molar-refractivity contribution in [2.24, 2.45) is 0 Å². The Morgan fingerprint density at radius 2 is 1.13 bits per heavy atom. The second kappa shape index (κ2) is 6.78. The normalized spacial score (nSPS) is 11.3. The lowest BCUT2D eigenvalue weighted by Gasteiger charge is -2.12. The highest BCUT2D eigenvalue weighted by Crippen LogP contribution is 2.39. The first-order chi connectivity index (χ1) is 14.9. The molecule has 0 bridgehead atoms. The molecule has 0 radical (unpaired) electrons. The van der Waals surface area contributed by atoms with Crippen LogP contribution in [0.25, 0.3) is 43.8 Å². The molecule has 5 aromatic carbocycles. The standard InChI is InChI=1S/C28H19NO/c1-2-8-19(9-3-1)20-14-16-21(17-15-20)29-25-18-27-28(23-11-5-4-10-22(23)25)24-12-6-7-13-26(24)30-27/h1-18,29H. The van der Waals surface area contributed by atoms with Gasteiger partial charge in [-0.3, -0.25) is 0 Å². The van der Waals surface area contributed by atoms with Crippen LogP contribution in [0.5, 0.6) is 0 Å². The van der Waals surface area contributed by atoms with E-state index in [0.717, 1.165) is 27.9 Å². The Morgan fingerprint density at radius 3 is 1.93 bits per heavy atom. The molecule has 0 aliphatic heterocycles. The third kappa shape index (κ3) is 2.73. The largest absolute Gasteiger partial charge is 0.456 e. The molecule has 1 heterocycles. The number of furan rings is 1. The van der Waals surface area contributed by atoms with E-state index in [1.54, 1.807) is 0 Å². The van der Waals surface area contributed by atoms with Gasteiger partial charge in [-0.2, -0.15) is 0 Å². The molecular formula is C28H19NO. The van der Waals surface area contributed by atoms with Crippen LogP contribution in [-0.2, 0) is 0 Å². The fourth-order valence-electron chi connectivity index (χ4n) is 4.22. The highest BCUT2D eigenvalue weighted by atomic mass is 16.3. The maximum Gasteiger partial charge on any atom is 0.138 e. The number of anilines is 2. The van der Waals surface area contributed by atoms with Gasteiger partial charge in [0.1, 0.15) is 11.2 Å². The second-order valence-electron chi connectivity index (χ2n) is 7.51. The zero-order valence-electron chi connectivity index (χ0n) is 16.3. The molecular weight excluding hydrogens is 366 g/mol. The van der Waals surface area contributed by atoms with Gasteiger partial charge >= 0.3 is 0 Å². The van der Waals surface area contributed by atoms with Gasteiger partial charge in [0.05, 0.1) is 5.69 Å². The van der Waals surface area contributed by atoms with E-state index in [2.05, 4.69) is 96.3 Å². The fraction of sp³-hybridized carbons (Fsp3) is 0. The molecule has 0 aliphatic rings. The zero-order chi connectivity index (χ0) is 19.9. The van der Waals surface area contributed by atoms with E-state index in [4.69, 9.17) is 4.42 Å². The number of hydrogen-bond acceptors (Lipinski definition) is 2. The van der Waals surface area contributed by atoms with Crippen molar-refractivity contribution in [2.75, 3.05) is 5.32 Å². The van der Waals surface area contributed by atoms with E-state index in [-0.39, 0.29) is 0 Å². The van der Waals surface area contributed by atoms with E-state index in [1.165, 1.54) is 27.3 Å². The molecule has 0 fully saturated rings. The second-order valence-corrected chi connectivity index (χ2v) is 7.51. The Balaban J connectivity index is 1.47. The first-order valence-electron chi connectivity index (χ1n) is 10.1. The Morgan fingerprint density at radius 1 is 0.500 bits per heavy atom. The molecule has 1 aromatic heterocycles. The van der Waals surface area contributed by atoms with Gasteiger partial charge in [0, 0.05) is 27.9 Å². The summed E-state index contributed by atoms with van der Waals surface area (Å²) in [6.07, 6.45) is 0. The first-order valence-corrected chi connectivity index (χ1v) is 10.1. The van der Waals surface area contributed by atoms with Crippen molar-refractivity contribution in [1.82, 2.24) is 0 Å². The molecule has 0 amide bonds. The lowest BCUT2D eigenvalue weighted by atomic mass is 10.0. The van der Waals surface area contributed by atoms with Crippen LogP contribution >= 0.6 is 0 Å². The molecule has 2 nitrogen and oxygen atoms in total. The van der Waals surface area contributed by atoms with Crippen LogP contribution in [0.3, 0.4) is 0 Å². The summed E-state index contributed by atoms with van der Waals surface area (Å²) in [5.41, 5.74) is 6.34. The van der Waals surface area contributed by atoms with E-state index < -0.39 is 0 Å². The predicted molar refractivity (Wildman–Crippen MR) is 126 cm³/mol.